The number of hydrogen-bond acceptors (Lipinski definition) is 2. The number of para-hydroxylation sites is 2. The molecule has 0 aliphatic heterocycles. The molecule has 0 aliphatic rings. The summed E-state index contributed by atoms with van der Waals surface area (Å²) in [5, 5.41) is 5.44. The Morgan fingerprint density at radius 3 is 2.59 bits per heavy atom. The Hall–Kier alpha value is -2.75. The molecular formula is C18H20N2O2. The highest BCUT2D eigenvalue weighted by atomic mass is 16.5. The van der Waals surface area contributed by atoms with Crippen molar-refractivity contribution >= 4 is 17.8 Å². The molecule has 2 rings (SSSR count). The number of benzene rings is 2. The topological polar surface area (TPSA) is 50.4 Å². The molecule has 2 N–H and O–H groups in total. The maximum absolute atomic E-state index is 11.9. The summed E-state index contributed by atoms with van der Waals surface area (Å²) in [7, 11) is 0. The molecule has 4 heteroatoms. The molecule has 114 valence electrons. The van der Waals surface area contributed by atoms with Crippen LogP contribution in [-0.2, 0) is 0 Å². The molecule has 0 aliphatic carbocycles. The molecule has 0 saturated heterocycles. The van der Waals surface area contributed by atoms with Crippen LogP contribution in [0.1, 0.15) is 18.1 Å². The Balaban J connectivity index is 1.92. The van der Waals surface area contributed by atoms with Crippen LogP contribution in [0.3, 0.4) is 0 Å². The Morgan fingerprint density at radius 1 is 1.14 bits per heavy atom. The summed E-state index contributed by atoms with van der Waals surface area (Å²) in [5.74, 6) is 0.655. The van der Waals surface area contributed by atoms with Crippen LogP contribution in [0, 0.1) is 6.92 Å². The summed E-state index contributed by atoms with van der Waals surface area (Å²) < 4.78 is 5.46. The predicted molar refractivity (Wildman–Crippen MR) is 90.0 cm³/mol. The number of nitrogens with one attached hydrogen (secondary N) is 2. The number of carbonyl (C=O) groups excluding carboxylic acids is 1. The summed E-state index contributed by atoms with van der Waals surface area (Å²) in [6.07, 6.45) is 3.46. The van der Waals surface area contributed by atoms with Gasteiger partial charge in [0.25, 0.3) is 0 Å². The third-order valence-electron chi connectivity index (χ3n) is 3.00. The van der Waals surface area contributed by atoms with E-state index in [1.54, 1.807) is 12.3 Å². The molecule has 0 spiro atoms. The van der Waals surface area contributed by atoms with Crippen LogP contribution in [0.2, 0.25) is 0 Å². The Labute approximate surface area is 130 Å². The summed E-state index contributed by atoms with van der Waals surface area (Å²) in [6.45, 7) is 4.49. The third-order valence-corrected chi connectivity index (χ3v) is 3.00. The molecule has 2 aromatic rings. The summed E-state index contributed by atoms with van der Waals surface area (Å²) in [5.41, 5.74) is 2.88. The van der Waals surface area contributed by atoms with E-state index in [0.717, 1.165) is 5.56 Å². The smallest absolute Gasteiger partial charge is 0.323 e. The molecule has 0 heterocycles. The largest absolute Gasteiger partial charge is 0.492 e. The second-order valence-corrected chi connectivity index (χ2v) is 4.77. The lowest BCUT2D eigenvalue weighted by Gasteiger charge is -2.10. The second-order valence-electron chi connectivity index (χ2n) is 4.77. The SMILES string of the molecule is CCOc1ccccc1NC(=O)N/C=C/c1ccc(C)cc1. The van der Waals surface area contributed by atoms with Crippen molar-refractivity contribution in [2.24, 2.45) is 0 Å². The van der Waals surface area contributed by atoms with Crippen LogP contribution in [0.5, 0.6) is 5.75 Å². The van der Waals surface area contributed by atoms with Gasteiger partial charge in [0, 0.05) is 6.20 Å². The van der Waals surface area contributed by atoms with Gasteiger partial charge in [0.05, 0.1) is 12.3 Å². The number of ether oxygens (including phenoxy) is 1. The molecule has 0 unspecified atom stereocenters. The van der Waals surface area contributed by atoms with Gasteiger partial charge in [-0.25, -0.2) is 4.79 Å². The number of amides is 2. The Kier molecular flexibility index (Phi) is 5.60. The van der Waals surface area contributed by atoms with E-state index in [0.29, 0.717) is 18.0 Å². The van der Waals surface area contributed by atoms with Gasteiger partial charge in [-0.2, -0.15) is 0 Å². The van der Waals surface area contributed by atoms with Gasteiger partial charge in [-0.3, -0.25) is 0 Å². The van der Waals surface area contributed by atoms with Gasteiger partial charge < -0.3 is 15.4 Å². The second kappa shape index (κ2) is 7.88. The van der Waals surface area contributed by atoms with E-state index in [1.165, 1.54) is 5.56 Å². The zero-order valence-corrected chi connectivity index (χ0v) is 12.8. The van der Waals surface area contributed by atoms with Gasteiger partial charge in [-0.1, -0.05) is 42.0 Å². The van der Waals surface area contributed by atoms with E-state index >= 15 is 0 Å². The maximum Gasteiger partial charge on any atom is 0.323 e. The molecule has 0 atom stereocenters. The lowest BCUT2D eigenvalue weighted by molar-refractivity contribution is 0.255. The van der Waals surface area contributed by atoms with Crippen molar-refractivity contribution in [1.29, 1.82) is 0 Å². The van der Waals surface area contributed by atoms with Gasteiger partial charge in [0.15, 0.2) is 0 Å². The number of hydrogen-bond donors (Lipinski definition) is 2. The Morgan fingerprint density at radius 2 is 1.86 bits per heavy atom. The predicted octanol–water partition coefficient (Wildman–Crippen LogP) is 4.19. The molecule has 2 amide bonds. The average Bonchev–Trinajstić information content (AvgIpc) is 2.51. The fourth-order valence-electron chi connectivity index (χ4n) is 1.90. The van der Waals surface area contributed by atoms with Crippen LogP contribution in [0.25, 0.3) is 6.08 Å². The first-order valence-corrected chi connectivity index (χ1v) is 7.21. The van der Waals surface area contributed by atoms with Gasteiger partial charge in [0.2, 0.25) is 0 Å². The quantitative estimate of drug-likeness (QED) is 0.869. The monoisotopic (exact) mass is 296 g/mol. The number of urea groups is 1. The van der Waals surface area contributed by atoms with E-state index in [9.17, 15) is 4.79 Å². The zero-order chi connectivity index (χ0) is 15.8. The highest BCUT2D eigenvalue weighted by molar-refractivity contribution is 5.91. The number of aryl methyl sites for hydroxylation is 1. The van der Waals surface area contributed by atoms with Gasteiger partial charge >= 0.3 is 6.03 Å². The lowest BCUT2D eigenvalue weighted by Crippen LogP contribution is -2.24. The van der Waals surface area contributed by atoms with Crippen LogP contribution >= 0.6 is 0 Å². The number of carbonyl (C=O) groups is 1. The Bertz CT molecular complexity index is 648. The van der Waals surface area contributed by atoms with Crippen molar-refractivity contribution < 1.29 is 9.53 Å². The van der Waals surface area contributed by atoms with E-state index in [4.69, 9.17) is 4.74 Å². The van der Waals surface area contributed by atoms with Crippen LogP contribution in [-0.4, -0.2) is 12.6 Å². The minimum absolute atomic E-state index is 0.310. The van der Waals surface area contributed by atoms with Crippen LogP contribution < -0.4 is 15.4 Å². The first-order valence-electron chi connectivity index (χ1n) is 7.21. The van der Waals surface area contributed by atoms with Crippen molar-refractivity contribution in [2.75, 3.05) is 11.9 Å². The highest BCUT2D eigenvalue weighted by Crippen LogP contribution is 2.23. The fraction of sp³-hybridized carbons (Fsp3) is 0.167. The van der Waals surface area contributed by atoms with Crippen molar-refractivity contribution in [2.45, 2.75) is 13.8 Å². The van der Waals surface area contributed by atoms with Crippen molar-refractivity contribution in [3.63, 3.8) is 0 Å². The first-order chi connectivity index (χ1) is 10.7. The molecule has 4 nitrogen and oxygen atoms in total. The molecular weight excluding hydrogens is 276 g/mol. The van der Waals surface area contributed by atoms with Crippen LogP contribution in [0.15, 0.2) is 54.7 Å². The fourth-order valence-corrected chi connectivity index (χ4v) is 1.90. The minimum atomic E-state index is -0.310. The van der Waals surface area contributed by atoms with E-state index < -0.39 is 0 Å². The standard InChI is InChI=1S/C18H20N2O2/c1-3-22-17-7-5-4-6-16(17)20-18(21)19-13-12-15-10-8-14(2)9-11-15/h4-13H,3H2,1-2H3,(H2,19,20,21)/b13-12+. The summed E-state index contributed by atoms with van der Waals surface area (Å²) in [4.78, 5) is 11.9. The van der Waals surface area contributed by atoms with Gasteiger partial charge in [-0.15, -0.1) is 0 Å². The van der Waals surface area contributed by atoms with E-state index in [2.05, 4.69) is 10.6 Å². The van der Waals surface area contributed by atoms with Gasteiger partial charge in [-0.05, 0) is 37.6 Å². The van der Waals surface area contributed by atoms with Crippen molar-refractivity contribution in [3.8, 4) is 5.75 Å². The molecule has 0 radical (unpaired) electrons. The molecule has 22 heavy (non-hydrogen) atoms. The molecule has 0 saturated carbocycles. The lowest BCUT2D eigenvalue weighted by atomic mass is 10.1. The molecule has 2 aromatic carbocycles. The molecule has 0 bridgehead atoms. The van der Waals surface area contributed by atoms with Crippen LogP contribution in [0.4, 0.5) is 10.5 Å². The third kappa shape index (κ3) is 4.66. The van der Waals surface area contributed by atoms with Crippen molar-refractivity contribution in [1.82, 2.24) is 5.32 Å². The minimum Gasteiger partial charge on any atom is -0.492 e. The normalized spacial score (nSPS) is 10.5. The van der Waals surface area contributed by atoms with Crippen molar-refractivity contribution in [3.05, 3.63) is 65.9 Å². The van der Waals surface area contributed by atoms with E-state index in [-0.39, 0.29) is 6.03 Å². The number of anilines is 1. The number of rotatable bonds is 5. The highest BCUT2D eigenvalue weighted by Gasteiger charge is 2.05. The summed E-state index contributed by atoms with van der Waals surface area (Å²) >= 11 is 0. The first kappa shape index (κ1) is 15.6. The summed E-state index contributed by atoms with van der Waals surface area (Å²) in [6, 6.07) is 15.1. The zero-order valence-electron chi connectivity index (χ0n) is 12.8. The van der Waals surface area contributed by atoms with Gasteiger partial charge in [0.1, 0.15) is 5.75 Å². The maximum atomic E-state index is 11.9. The average molecular weight is 296 g/mol. The molecule has 0 fully saturated rings. The van der Waals surface area contributed by atoms with E-state index in [1.807, 2.05) is 62.4 Å². The molecule has 0 aromatic heterocycles.